The van der Waals surface area contributed by atoms with Crippen molar-refractivity contribution in [1.82, 2.24) is 9.55 Å². The number of hydrogen-bond acceptors (Lipinski definition) is 3. The van der Waals surface area contributed by atoms with Crippen LogP contribution in [-0.4, -0.2) is 22.6 Å². The first kappa shape index (κ1) is 17.0. The molecule has 25 heavy (non-hydrogen) atoms. The second kappa shape index (κ2) is 6.58. The van der Waals surface area contributed by atoms with Gasteiger partial charge in [-0.3, -0.25) is 0 Å². The van der Waals surface area contributed by atoms with E-state index in [4.69, 9.17) is 4.74 Å². The van der Waals surface area contributed by atoms with E-state index in [-0.39, 0.29) is 17.5 Å². The molecule has 2 aromatic carbocycles. The molecule has 4 nitrogen and oxygen atoms in total. The van der Waals surface area contributed by atoms with Crippen LogP contribution in [0.15, 0.2) is 54.6 Å². The van der Waals surface area contributed by atoms with Crippen LogP contribution >= 0.6 is 0 Å². The molecule has 0 saturated heterocycles. The van der Waals surface area contributed by atoms with Crippen LogP contribution in [0.25, 0.3) is 11.0 Å². The van der Waals surface area contributed by atoms with Gasteiger partial charge in [-0.25, -0.2) is 9.78 Å². The van der Waals surface area contributed by atoms with Gasteiger partial charge in [0.2, 0.25) is 5.82 Å². The highest BCUT2D eigenvalue weighted by molar-refractivity contribution is 5.81. The first-order chi connectivity index (χ1) is 11.9. The molecule has 0 aliphatic rings. The van der Waals surface area contributed by atoms with Gasteiger partial charge in [-0.2, -0.15) is 13.2 Å². The van der Waals surface area contributed by atoms with Gasteiger partial charge in [0.1, 0.15) is 6.04 Å². The van der Waals surface area contributed by atoms with E-state index in [0.717, 1.165) is 17.2 Å². The number of methoxy groups -OCH3 is 1. The normalized spacial score (nSPS) is 13.0. The monoisotopic (exact) mass is 348 g/mol. The quantitative estimate of drug-likeness (QED) is 0.669. The second-order valence-corrected chi connectivity index (χ2v) is 5.52. The number of aromatic nitrogens is 2. The van der Waals surface area contributed by atoms with Crippen molar-refractivity contribution in [3.63, 3.8) is 0 Å². The summed E-state index contributed by atoms with van der Waals surface area (Å²) in [5.41, 5.74) is 1.14. The number of para-hydroxylation sites is 2. The number of ether oxygens (including phenoxy) is 1. The van der Waals surface area contributed by atoms with Crippen LogP contribution in [0.1, 0.15) is 17.4 Å². The van der Waals surface area contributed by atoms with Gasteiger partial charge < -0.3 is 9.30 Å². The van der Waals surface area contributed by atoms with Crippen molar-refractivity contribution in [1.29, 1.82) is 0 Å². The topological polar surface area (TPSA) is 44.1 Å². The number of halogens is 3. The zero-order chi connectivity index (χ0) is 18.0. The third kappa shape index (κ3) is 3.35. The Balaban J connectivity index is 2.19. The van der Waals surface area contributed by atoms with Gasteiger partial charge in [0.25, 0.3) is 0 Å². The lowest BCUT2D eigenvalue weighted by Crippen LogP contribution is -2.27. The summed E-state index contributed by atoms with van der Waals surface area (Å²) in [7, 11) is 1.16. The minimum atomic E-state index is -4.69. The molecule has 0 aliphatic heterocycles. The van der Waals surface area contributed by atoms with Gasteiger partial charge in [-0.05, 0) is 17.7 Å². The van der Waals surface area contributed by atoms with E-state index in [9.17, 15) is 18.0 Å². The molecule has 0 aliphatic carbocycles. The lowest BCUT2D eigenvalue weighted by Gasteiger charge is -2.20. The van der Waals surface area contributed by atoms with Crippen molar-refractivity contribution in [3.8, 4) is 0 Å². The third-order valence-electron chi connectivity index (χ3n) is 3.91. The summed E-state index contributed by atoms with van der Waals surface area (Å²) in [5.74, 6) is -1.86. The van der Waals surface area contributed by atoms with E-state index in [1.165, 1.54) is 12.1 Å². The molecular formula is C18H15F3N2O2. The number of hydrogen-bond donors (Lipinski definition) is 0. The molecule has 1 atom stereocenters. The molecule has 0 unspecified atom stereocenters. The molecule has 0 N–H and O–H groups in total. The zero-order valence-electron chi connectivity index (χ0n) is 13.3. The largest absolute Gasteiger partial charge is 0.467 e. The molecular weight excluding hydrogens is 333 g/mol. The first-order valence-electron chi connectivity index (χ1n) is 7.57. The molecule has 0 bridgehead atoms. The number of carbonyl (C=O) groups excluding carboxylic acids is 1. The fourth-order valence-electron chi connectivity index (χ4n) is 2.81. The van der Waals surface area contributed by atoms with E-state index in [1.807, 2.05) is 0 Å². The van der Waals surface area contributed by atoms with E-state index in [2.05, 4.69) is 4.98 Å². The number of carbonyl (C=O) groups is 1. The van der Waals surface area contributed by atoms with Crippen LogP contribution in [0, 0.1) is 0 Å². The number of esters is 1. The summed E-state index contributed by atoms with van der Waals surface area (Å²) in [4.78, 5) is 16.0. The predicted molar refractivity (Wildman–Crippen MR) is 85.9 cm³/mol. The summed E-state index contributed by atoms with van der Waals surface area (Å²) in [6.45, 7) is 0. The van der Waals surface area contributed by atoms with Gasteiger partial charge in [0.15, 0.2) is 0 Å². The molecule has 130 valence electrons. The Hall–Kier alpha value is -2.83. The van der Waals surface area contributed by atoms with Crippen molar-refractivity contribution < 1.29 is 22.7 Å². The van der Waals surface area contributed by atoms with Crippen LogP contribution in [0.5, 0.6) is 0 Å². The van der Waals surface area contributed by atoms with Crippen LogP contribution in [0.3, 0.4) is 0 Å². The number of nitrogens with zero attached hydrogens (tertiary/aromatic N) is 2. The van der Waals surface area contributed by atoms with Gasteiger partial charge in [-0.15, -0.1) is 0 Å². The summed E-state index contributed by atoms with van der Waals surface area (Å²) < 4.78 is 46.2. The third-order valence-corrected chi connectivity index (χ3v) is 3.91. The Labute approximate surface area is 141 Å². The summed E-state index contributed by atoms with van der Waals surface area (Å²) in [5, 5.41) is 0. The molecule has 0 radical (unpaired) electrons. The Morgan fingerprint density at radius 1 is 1.12 bits per heavy atom. The second-order valence-electron chi connectivity index (χ2n) is 5.52. The first-order valence-corrected chi connectivity index (χ1v) is 7.57. The fourth-order valence-corrected chi connectivity index (χ4v) is 2.81. The minimum Gasteiger partial charge on any atom is -0.467 e. The van der Waals surface area contributed by atoms with E-state index in [1.54, 1.807) is 42.5 Å². The smallest absolute Gasteiger partial charge is 0.449 e. The maximum Gasteiger partial charge on any atom is 0.449 e. The Morgan fingerprint density at radius 2 is 1.76 bits per heavy atom. The van der Waals surface area contributed by atoms with Crippen molar-refractivity contribution in [2.75, 3.05) is 7.11 Å². The molecule has 0 spiro atoms. The highest BCUT2D eigenvalue weighted by atomic mass is 19.4. The number of alkyl halides is 3. The fraction of sp³-hybridized carbons (Fsp3) is 0.222. The predicted octanol–water partition coefficient (Wildman–Crippen LogP) is 4.01. The molecule has 0 fully saturated rings. The molecule has 0 amide bonds. The van der Waals surface area contributed by atoms with Crippen molar-refractivity contribution in [3.05, 3.63) is 66.0 Å². The summed E-state index contributed by atoms with van der Waals surface area (Å²) in [6.07, 6.45) is -4.63. The van der Waals surface area contributed by atoms with Gasteiger partial charge in [-0.1, -0.05) is 42.5 Å². The van der Waals surface area contributed by atoms with Crippen LogP contribution in [0.2, 0.25) is 0 Å². The Kier molecular flexibility index (Phi) is 4.48. The Bertz CT molecular complexity index is 888. The zero-order valence-corrected chi connectivity index (χ0v) is 13.3. The number of imidazole rings is 1. The molecule has 3 rings (SSSR count). The maximum absolute atomic E-state index is 13.5. The standard InChI is InChI=1S/C18H15F3N2O2/c1-25-16(24)15(11-12-7-3-2-4-8-12)23-14-10-6-5-9-13(14)22-17(23)18(19,20)21/h2-10,15H,11H2,1H3/t15-/m0/s1. The van der Waals surface area contributed by atoms with Gasteiger partial charge >= 0.3 is 12.1 Å². The van der Waals surface area contributed by atoms with E-state index >= 15 is 0 Å². The highest BCUT2D eigenvalue weighted by Gasteiger charge is 2.41. The SMILES string of the molecule is COC(=O)[C@H](Cc1ccccc1)n1c(C(F)(F)F)nc2ccccc21. The lowest BCUT2D eigenvalue weighted by atomic mass is 10.1. The number of benzene rings is 2. The maximum atomic E-state index is 13.5. The molecule has 0 saturated carbocycles. The minimum absolute atomic E-state index is 0.0664. The van der Waals surface area contributed by atoms with E-state index in [0.29, 0.717) is 0 Å². The van der Waals surface area contributed by atoms with E-state index < -0.39 is 24.0 Å². The summed E-state index contributed by atoms with van der Waals surface area (Å²) in [6, 6.07) is 13.9. The van der Waals surface area contributed by atoms with Crippen molar-refractivity contribution in [2.45, 2.75) is 18.6 Å². The van der Waals surface area contributed by atoms with Crippen LogP contribution < -0.4 is 0 Å². The van der Waals surface area contributed by atoms with Crippen LogP contribution in [0.4, 0.5) is 13.2 Å². The number of fused-ring (bicyclic) bond motifs is 1. The van der Waals surface area contributed by atoms with Gasteiger partial charge in [0.05, 0.1) is 18.1 Å². The van der Waals surface area contributed by atoms with Crippen LogP contribution in [-0.2, 0) is 22.1 Å². The summed E-state index contributed by atoms with van der Waals surface area (Å²) >= 11 is 0. The average molecular weight is 348 g/mol. The Morgan fingerprint density at radius 3 is 2.40 bits per heavy atom. The van der Waals surface area contributed by atoms with Gasteiger partial charge in [0, 0.05) is 6.42 Å². The molecule has 1 heterocycles. The average Bonchev–Trinajstić information content (AvgIpc) is 2.99. The molecule has 1 aromatic heterocycles. The van der Waals surface area contributed by atoms with Crippen molar-refractivity contribution in [2.24, 2.45) is 0 Å². The molecule has 7 heteroatoms. The highest BCUT2D eigenvalue weighted by Crippen LogP contribution is 2.35. The molecule has 3 aromatic rings. The van der Waals surface area contributed by atoms with Crippen molar-refractivity contribution >= 4 is 17.0 Å². The lowest BCUT2D eigenvalue weighted by molar-refractivity contribution is -0.152. The number of rotatable bonds is 4.